The van der Waals surface area contributed by atoms with Crippen LogP contribution in [0.25, 0.3) is 0 Å². The number of allylic oxidation sites excluding steroid dienone is 6. The van der Waals surface area contributed by atoms with Crippen LogP contribution in [0.15, 0.2) is 36.0 Å². The van der Waals surface area contributed by atoms with E-state index in [-0.39, 0.29) is 23.9 Å². The van der Waals surface area contributed by atoms with Crippen LogP contribution in [0, 0.1) is 52.3 Å². The van der Waals surface area contributed by atoms with Crippen LogP contribution in [0.4, 0.5) is 0 Å². The van der Waals surface area contributed by atoms with Crippen LogP contribution in [0.3, 0.4) is 0 Å². The third kappa shape index (κ3) is 14.3. The molecule has 0 aromatic rings. The fourth-order valence-electron chi connectivity index (χ4n) is 13.2. The summed E-state index contributed by atoms with van der Waals surface area (Å²) in [5.74, 6) is 5.68. The highest BCUT2D eigenvalue weighted by Crippen LogP contribution is 2.68. The van der Waals surface area contributed by atoms with E-state index < -0.39 is 0 Å². The molecule has 0 aromatic heterocycles. The largest absolute Gasteiger partial charge is 0.393 e. The van der Waals surface area contributed by atoms with Crippen molar-refractivity contribution in [1.29, 1.82) is 0 Å². The van der Waals surface area contributed by atoms with Crippen molar-refractivity contribution in [3.8, 4) is 0 Å². The molecule has 0 heterocycles. The summed E-state index contributed by atoms with van der Waals surface area (Å²) in [6, 6.07) is 0. The second-order valence-electron chi connectivity index (χ2n) is 21.3. The highest BCUT2D eigenvalue weighted by atomic mass is 16.5. The quantitative estimate of drug-likeness (QED) is 0.0464. The standard InChI is InChI=1S/C54H97NO3/c1-10-11-12-13-14-15-16-17-18-19-20-21-22-23-24-25-39-58-52(55(8)9)44(5)57-40-37-47(56)41-46-31-27-30-45-32-33-48-50-35-34-49(43(4)29-26-28-42(2)3)53(50,6)38-36-51(48)54(45,46)7/h14-15,17-18,32,42-44,46-52,56H,10-13,16,19-31,33-41H2,1-9H3/b15-14-,18-17-/t43-,44?,46?,47-,48+,49-,50+,51+,52?,53-,54-/m0/s1. The van der Waals surface area contributed by atoms with Crippen molar-refractivity contribution in [1.82, 2.24) is 4.90 Å². The molecular formula is C54H97NO3. The molecule has 11 atom stereocenters. The highest BCUT2D eigenvalue weighted by molar-refractivity contribution is 5.26. The molecule has 1 N–H and O–H groups in total. The van der Waals surface area contributed by atoms with Crippen molar-refractivity contribution >= 4 is 0 Å². The van der Waals surface area contributed by atoms with E-state index in [1.54, 1.807) is 5.57 Å². The van der Waals surface area contributed by atoms with Gasteiger partial charge >= 0.3 is 0 Å². The van der Waals surface area contributed by atoms with E-state index in [0.717, 1.165) is 61.4 Å². The van der Waals surface area contributed by atoms with E-state index in [1.807, 2.05) is 0 Å². The van der Waals surface area contributed by atoms with E-state index in [9.17, 15) is 5.11 Å². The molecule has 3 saturated carbocycles. The van der Waals surface area contributed by atoms with Crippen LogP contribution in [-0.4, -0.2) is 55.8 Å². The van der Waals surface area contributed by atoms with Crippen LogP contribution in [0.5, 0.6) is 0 Å². The maximum atomic E-state index is 11.6. The summed E-state index contributed by atoms with van der Waals surface area (Å²) in [6.45, 7) is 18.5. The Kier molecular flexibility index (Phi) is 22.2. The number of ether oxygens (including phenoxy) is 2. The zero-order valence-corrected chi connectivity index (χ0v) is 40.0. The highest BCUT2D eigenvalue weighted by Gasteiger charge is 2.60. The fourth-order valence-corrected chi connectivity index (χ4v) is 13.2. The predicted octanol–water partition coefficient (Wildman–Crippen LogP) is 14.9. The monoisotopic (exact) mass is 808 g/mol. The van der Waals surface area contributed by atoms with Crippen molar-refractivity contribution in [3.63, 3.8) is 0 Å². The molecular weight excluding hydrogens is 711 g/mol. The number of nitrogens with zero attached hydrogens (tertiary/aromatic N) is 1. The Balaban J connectivity index is 1.14. The molecule has 3 unspecified atom stereocenters. The van der Waals surface area contributed by atoms with Crippen LogP contribution < -0.4 is 0 Å². The van der Waals surface area contributed by atoms with Crippen LogP contribution in [-0.2, 0) is 9.47 Å². The zero-order chi connectivity index (χ0) is 42.0. The SMILES string of the molecule is CCCCC/C=C\C/C=C\CCCCCCCCOC(C(C)OCC[C@H](O)CC1CCCC2=CC[C@@H]3[C@H]4CC[C@@H]([C@@H](C)CCCC(C)C)[C@]4(C)CC[C@H]3[C@@]21C)N(C)C. The molecule has 0 spiro atoms. The van der Waals surface area contributed by atoms with E-state index in [0.29, 0.717) is 24.4 Å². The van der Waals surface area contributed by atoms with E-state index in [4.69, 9.17) is 9.47 Å². The summed E-state index contributed by atoms with van der Waals surface area (Å²) < 4.78 is 12.8. The van der Waals surface area contributed by atoms with E-state index in [2.05, 4.69) is 97.8 Å². The van der Waals surface area contributed by atoms with Gasteiger partial charge in [-0.05, 0) is 176 Å². The minimum Gasteiger partial charge on any atom is -0.393 e. The van der Waals surface area contributed by atoms with Crippen LogP contribution in [0.1, 0.15) is 209 Å². The minimum absolute atomic E-state index is 0.0302. The average Bonchev–Trinajstić information content (AvgIpc) is 3.54. The van der Waals surface area contributed by atoms with Crippen molar-refractivity contribution in [3.05, 3.63) is 36.0 Å². The average molecular weight is 808 g/mol. The molecule has 0 aromatic carbocycles. The molecule has 4 aliphatic carbocycles. The summed E-state index contributed by atoms with van der Waals surface area (Å²) >= 11 is 0. The molecule has 4 heteroatoms. The van der Waals surface area contributed by atoms with Gasteiger partial charge in [0.05, 0.1) is 12.2 Å². The van der Waals surface area contributed by atoms with E-state index in [1.165, 1.54) is 135 Å². The zero-order valence-electron chi connectivity index (χ0n) is 40.0. The normalized spacial score (nSPS) is 30.8. The van der Waals surface area contributed by atoms with Gasteiger partial charge in [0.25, 0.3) is 0 Å². The smallest absolute Gasteiger partial charge is 0.136 e. The van der Waals surface area contributed by atoms with Gasteiger partial charge in [-0.25, -0.2) is 0 Å². The van der Waals surface area contributed by atoms with Crippen molar-refractivity contribution in [2.75, 3.05) is 27.3 Å². The number of hydrogen-bond donors (Lipinski definition) is 1. The van der Waals surface area contributed by atoms with Gasteiger partial charge < -0.3 is 14.6 Å². The molecule has 3 fully saturated rings. The molecule has 0 aliphatic heterocycles. The number of fused-ring (bicyclic) bond motifs is 5. The Hall–Kier alpha value is -0.940. The summed E-state index contributed by atoms with van der Waals surface area (Å²) in [7, 11) is 4.19. The molecule has 0 bridgehead atoms. The number of rotatable bonds is 29. The Morgan fingerprint density at radius 1 is 0.776 bits per heavy atom. The van der Waals surface area contributed by atoms with Crippen molar-refractivity contribution in [2.24, 2.45) is 52.3 Å². The molecule has 0 saturated heterocycles. The molecule has 4 nitrogen and oxygen atoms in total. The molecule has 0 radical (unpaired) electrons. The second kappa shape index (κ2) is 25.9. The molecule has 4 aliphatic rings. The van der Waals surface area contributed by atoms with Gasteiger partial charge in [0.15, 0.2) is 0 Å². The molecule has 58 heavy (non-hydrogen) atoms. The van der Waals surface area contributed by atoms with Crippen LogP contribution in [0.2, 0.25) is 0 Å². The third-order valence-corrected chi connectivity index (χ3v) is 16.5. The third-order valence-electron chi connectivity index (χ3n) is 16.5. The Morgan fingerprint density at radius 2 is 1.48 bits per heavy atom. The molecule has 0 amide bonds. The Morgan fingerprint density at radius 3 is 2.19 bits per heavy atom. The maximum Gasteiger partial charge on any atom is 0.136 e. The van der Waals surface area contributed by atoms with Crippen molar-refractivity contribution < 1.29 is 14.6 Å². The van der Waals surface area contributed by atoms with E-state index >= 15 is 0 Å². The second-order valence-corrected chi connectivity index (χ2v) is 21.3. The van der Waals surface area contributed by atoms with Crippen molar-refractivity contribution in [2.45, 2.75) is 227 Å². The maximum absolute atomic E-state index is 11.6. The summed E-state index contributed by atoms with van der Waals surface area (Å²) in [5, 5.41) is 11.6. The van der Waals surface area contributed by atoms with Crippen LogP contribution >= 0.6 is 0 Å². The number of hydrogen-bond acceptors (Lipinski definition) is 4. The lowest BCUT2D eigenvalue weighted by Crippen LogP contribution is -2.53. The topological polar surface area (TPSA) is 41.9 Å². The molecule has 336 valence electrons. The first-order valence-corrected chi connectivity index (χ1v) is 25.5. The number of unbranched alkanes of at least 4 members (excludes halogenated alkanes) is 9. The van der Waals surface area contributed by atoms with Gasteiger partial charge in [-0.15, -0.1) is 0 Å². The van der Waals surface area contributed by atoms with Gasteiger partial charge in [-0.3, -0.25) is 4.90 Å². The lowest BCUT2D eigenvalue weighted by molar-refractivity contribution is -0.128. The lowest BCUT2D eigenvalue weighted by atomic mass is 9.44. The lowest BCUT2D eigenvalue weighted by Gasteiger charge is -2.60. The van der Waals surface area contributed by atoms with Gasteiger partial charge in [-0.2, -0.15) is 0 Å². The summed E-state index contributed by atoms with van der Waals surface area (Å²) in [6.07, 6.45) is 43.6. The van der Waals surface area contributed by atoms with Gasteiger partial charge in [0, 0.05) is 13.2 Å². The predicted molar refractivity (Wildman–Crippen MR) is 250 cm³/mol. The van der Waals surface area contributed by atoms with Gasteiger partial charge in [-0.1, -0.05) is 135 Å². The van der Waals surface area contributed by atoms with Gasteiger partial charge in [0.1, 0.15) is 6.23 Å². The Bertz CT molecular complexity index is 1210. The first kappa shape index (κ1) is 49.7. The Labute approximate surface area is 361 Å². The molecule has 4 rings (SSSR count). The number of aliphatic hydroxyl groups excluding tert-OH is 1. The number of aliphatic hydroxyl groups is 1. The first-order chi connectivity index (χ1) is 27.9. The van der Waals surface area contributed by atoms with Gasteiger partial charge in [0.2, 0.25) is 0 Å². The fraction of sp³-hybridized carbons (Fsp3) is 0.889. The number of likely N-dealkylation sites (N-methyl/N-ethyl adjacent to an activating group) is 1. The minimum atomic E-state index is -0.304. The first-order valence-electron chi connectivity index (χ1n) is 25.5. The summed E-state index contributed by atoms with van der Waals surface area (Å²) in [4.78, 5) is 2.16. The summed E-state index contributed by atoms with van der Waals surface area (Å²) in [5.41, 5.74) is 2.53.